The fraction of sp³-hybridized carbons (Fsp3) is 0.316. The Morgan fingerprint density at radius 3 is 2.80 bits per heavy atom. The smallest absolute Gasteiger partial charge is 0.368 e. The number of alkyl halides is 4. The number of fused-ring (bicyclic) bond motifs is 1. The van der Waals surface area contributed by atoms with E-state index >= 15 is 0 Å². The molecular formula is C19H16F4N4O2S. The van der Waals surface area contributed by atoms with Crippen molar-refractivity contribution >= 4 is 39.0 Å². The first-order chi connectivity index (χ1) is 14.1. The first-order valence-electron chi connectivity index (χ1n) is 9.04. The molecule has 1 atom stereocenters. The number of carbonyl (C=O) groups is 1. The van der Waals surface area contributed by atoms with Crippen LogP contribution < -0.4 is 15.6 Å². The monoisotopic (exact) mass is 440 g/mol. The molecule has 6 nitrogen and oxygen atoms in total. The van der Waals surface area contributed by atoms with Crippen LogP contribution in [0.5, 0.6) is 0 Å². The molecule has 1 aliphatic heterocycles. The maximum Gasteiger partial charge on any atom is 0.418 e. The summed E-state index contributed by atoms with van der Waals surface area (Å²) in [7, 11) is 0. The first-order valence-corrected chi connectivity index (χ1v) is 9.82. The van der Waals surface area contributed by atoms with E-state index in [1.54, 1.807) is 6.92 Å². The molecule has 1 aromatic carbocycles. The van der Waals surface area contributed by atoms with Crippen LogP contribution in [0.1, 0.15) is 28.0 Å². The van der Waals surface area contributed by atoms with E-state index in [1.807, 2.05) is 0 Å². The molecule has 1 saturated heterocycles. The fourth-order valence-electron chi connectivity index (χ4n) is 3.46. The van der Waals surface area contributed by atoms with Crippen LogP contribution in [-0.4, -0.2) is 34.5 Å². The van der Waals surface area contributed by atoms with Gasteiger partial charge in [0.05, 0.1) is 22.3 Å². The Kier molecular flexibility index (Phi) is 5.00. The zero-order valence-corrected chi connectivity index (χ0v) is 16.5. The van der Waals surface area contributed by atoms with Gasteiger partial charge in [-0.3, -0.25) is 9.59 Å². The van der Waals surface area contributed by atoms with Crippen molar-refractivity contribution in [1.29, 1.82) is 0 Å². The number of hydrogen-bond donors (Lipinski definition) is 2. The molecule has 0 saturated carbocycles. The Balaban J connectivity index is 1.68. The van der Waals surface area contributed by atoms with Crippen LogP contribution in [0.15, 0.2) is 29.2 Å². The van der Waals surface area contributed by atoms with Crippen LogP contribution in [0.3, 0.4) is 0 Å². The molecule has 1 unspecified atom stereocenters. The Morgan fingerprint density at radius 1 is 1.37 bits per heavy atom. The van der Waals surface area contributed by atoms with Gasteiger partial charge in [0.25, 0.3) is 5.91 Å². The summed E-state index contributed by atoms with van der Waals surface area (Å²) in [4.78, 5) is 30.0. The molecule has 11 heteroatoms. The molecule has 0 bridgehead atoms. The summed E-state index contributed by atoms with van der Waals surface area (Å²) in [5.41, 5.74) is -1.82. The van der Waals surface area contributed by atoms with Gasteiger partial charge in [0.1, 0.15) is 16.6 Å². The van der Waals surface area contributed by atoms with E-state index < -0.39 is 34.9 Å². The summed E-state index contributed by atoms with van der Waals surface area (Å²) < 4.78 is 58.3. The summed E-state index contributed by atoms with van der Waals surface area (Å²) in [6.07, 6.45) is -4.43. The van der Waals surface area contributed by atoms with Crippen molar-refractivity contribution in [2.45, 2.75) is 25.7 Å². The standard InChI is InChI=1S/C19H16F4N4O2S/c1-9-15-16(28)12(7-24-18(15)30-26-9)17(29)25-14-3-2-11(6-13(14)19(21,22)23)27-5-4-10(20)8-27/h2-3,6-7,10H,4-5,8H2,1H3,(H,24,28)(H,25,29). The van der Waals surface area contributed by atoms with Gasteiger partial charge in [-0.2, -0.15) is 17.5 Å². The van der Waals surface area contributed by atoms with Crippen LogP contribution in [0.25, 0.3) is 10.2 Å². The van der Waals surface area contributed by atoms with Crippen molar-refractivity contribution in [3.05, 3.63) is 51.4 Å². The van der Waals surface area contributed by atoms with Crippen LogP contribution in [0.2, 0.25) is 0 Å². The highest BCUT2D eigenvalue weighted by Gasteiger charge is 2.35. The number of amides is 1. The number of benzene rings is 1. The third-order valence-corrected chi connectivity index (χ3v) is 5.85. The second-order valence-corrected chi connectivity index (χ2v) is 7.79. The molecular weight excluding hydrogens is 424 g/mol. The van der Waals surface area contributed by atoms with Crippen LogP contribution in [0.4, 0.5) is 28.9 Å². The van der Waals surface area contributed by atoms with Crippen molar-refractivity contribution < 1.29 is 22.4 Å². The summed E-state index contributed by atoms with van der Waals surface area (Å²) in [6.45, 7) is 1.94. The van der Waals surface area contributed by atoms with Crippen molar-refractivity contribution in [1.82, 2.24) is 9.36 Å². The molecule has 3 aromatic rings. The lowest BCUT2D eigenvalue weighted by Crippen LogP contribution is -2.24. The highest BCUT2D eigenvalue weighted by Crippen LogP contribution is 2.38. The summed E-state index contributed by atoms with van der Waals surface area (Å²) in [5, 5.41) is 2.42. The Bertz CT molecular complexity index is 1190. The quantitative estimate of drug-likeness (QED) is 0.601. The van der Waals surface area contributed by atoms with E-state index in [0.29, 0.717) is 17.1 Å². The van der Waals surface area contributed by atoms with E-state index in [9.17, 15) is 27.2 Å². The number of hydrogen-bond acceptors (Lipinski definition) is 5. The highest BCUT2D eigenvalue weighted by atomic mass is 32.1. The van der Waals surface area contributed by atoms with Crippen molar-refractivity contribution in [2.24, 2.45) is 0 Å². The van der Waals surface area contributed by atoms with Crippen molar-refractivity contribution in [2.75, 3.05) is 23.3 Å². The Morgan fingerprint density at radius 2 is 2.13 bits per heavy atom. The first kappa shape index (κ1) is 20.3. The minimum absolute atomic E-state index is 0.0203. The molecule has 2 aromatic heterocycles. The lowest BCUT2D eigenvalue weighted by molar-refractivity contribution is -0.136. The van der Waals surface area contributed by atoms with E-state index in [4.69, 9.17) is 0 Å². The van der Waals surface area contributed by atoms with Gasteiger partial charge in [0.2, 0.25) is 5.43 Å². The van der Waals surface area contributed by atoms with Crippen molar-refractivity contribution in [3.63, 3.8) is 0 Å². The predicted molar refractivity (Wildman–Crippen MR) is 106 cm³/mol. The number of aryl methyl sites for hydroxylation is 1. The summed E-state index contributed by atoms with van der Waals surface area (Å²) in [6, 6.07) is 3.39. The molecule has 0 aliphatic carbocycles. The maximum absolute atomic E-state index is 13.6. The molecule has 0 radical (unpaired) electrons. The topological polar surface area (TPSA) is 78.1 Å². The van der Waals surface area contributed by atoms with Gasteiger partial charge in [0.15, 0.2) is 0 Å². The van der Waals surface area contributed by atoms with Crippen LogP contribution >= 0.6 is 11.5 Å². The number of aromatic amines is 1. The molecule has 4 rings (SSSR count). The maximum atomic E-state index is 13.6. The lowest BCUT2D eigenvalue weighted by atomic mass is 10.1. The van der Waals surface area contributed by atoms with Gasteiger partial charge in [0, 0.05) is 25.0 Å². The molecule has 1 aliphatic rings. The SMILES string of the molecule is Cc1nsc2[nH]cc(C(=O)Nc3ccc(N4CCC(F)C4)cc3C(F)(F)F)c(=O)c12. The van der Waals surface area contributed by atoms with E-state index in [2.05, 4.69) is 14.7 Å². The number of pyridine rings is 1. The average molecular weight is 440 g/mol. The molecule has 3 heterocycles. The zero-order chi connectivity index (χ0) is 21.6. The largest absolute Gasteiger partial charge is 0.418 e. The minimum atomic E-state index is -4.75. The Labute approximate surface area is 171 Å². The van der Waals surface area contributed by atoms with E-state index in [0.717, 1.165) is 29.9 Å². The second-order valence-electron chi connectivity index (χ2n) is 7.02. The number of carbonyl (C=O) groups excluding carboxylic acids is 1. The summed E-state index contributed by atoms with van der Waals surface area (Å²) >= 11 is 1.05. The lowest BCUT2D eigenvalue weighted by Gasteiger charge is -2.21. The molecule has 30 heavy (non-hydrogen) atoms. The predicted octanol–water partition coefficient (Wildman–Crippen LogP) is 4.11. The van der Waals surface area contributed by atoms with E-state index in [1.165, 1.54) is 11.0 Å². The zero-order valence-electron chi connectivity index (χ0n) is 15.6. The summed E-state index contributed by atoms with van der Waals surface area (Å²) in [5.74, 6) is -0.966. The fourth-order valence-corrected chi connectivity index (χ4v) is 4.22. The minimum Gasteiger partial charge on any atom is -0.368 e. The van der Waals surface area contributed by atoms with Crippen LogP contribution in [0, 0.1) is 6.92 Å². The van der Waals surface area contributed by atoms with Gasteiger partial charge in [-0.1, -0.05) is 0 Å². The molecule has 1 amide bonds. The second kappa shape index (κ2) is 7.38. The van der Waals surface area contributed by atoms with Crippen LogP contribution in [-0.2, 0) is 6.18 Å². The van der Waals surface area contributed by atoms with Gasteiger partial charge in [-0.05, 0) is 43.1 Å². The van der Waals surface area contributed by atoms with Crippen molar-refractivity contribution in [3.8, 4) is 0 Å². The molecule has 2 N–H and O–H groups in total. The Hall–Kier alpha value is -2.95. The van der Waals surface area contributed by atoms with E-state index in [-0.39, 0.29) is 29.6 Å². The molecule has 1 fully saturated rings. The normalized spacial score (nSPS) is 17.0. The highest BCUT2D eigenvalue weighted by molar-refractivity contribution is 7.12. The van der Waals surface area contributed by atoms with Gasteiger partial charge >= 0.3 is 6.18 Å². The number of anilines is 2. The number of H-pyrrole nitrogens is 1. The third-order valence-electron chi connectivity index (χ3n) is 4.98. The number of aromatic nitrogens is 2. The number of nitrogens with one attached hydrogen (secondary N) is 2. The van der Waals surface area contributed by atoms with Gasteiger partial charge in [-0.25, -0.2) is 4.39 Å². The third kappa shape index (κ3) is 3.64. The number of halogens is 4. The average Bonchev–Trinajstić information content (AvgIpc) is 3.28. The molecule has 0 spiro atoms. The number of rotatable bonds is 3. The number of nitrogens with zero attached hydrogens (tertiary/aromatic N) is 2. The van der Waals surface area contributed by atoms with Gasteiger partial charge < -0.3 is 15.2 Å². The molecule has 158 valence electrons. The van der Waals surface area contributed by atoms with Gasteiger partial charge in [-0.15, -0.1) is 0 Å².